The Morgan fingerprint density at radius 3 is 3.00 bits per heavy atom. The number of hydrogen-bond acceptors (Lipinski definition) is 4. The van der Waals surface area contributed by atoms with E-state index >= 15 is 0 Å². The molecule has 1 aliphatic carbocycles. The van der Waals surface area contributed by atoms with Crippen LogP contribution in [0.4, 0.5) is 11.4 Å². The smallest absolute Gasteiger partial charge is 0.232 e. The lowest BCUT2D eigenvalue weighted by atomic mass is 9.86. The average Bonchev–Trinajstić information content (AvgIpc) is 3.17. The Balaban J connectivity index is 1.57. The predicted molar refractivity (Wildman–Crippen MR) is 102 cm³/mol. The fourth-order valence-electron chi connectivity index (χ4n) is 4.00. The monoisotopic (exact) mass is 368 g/mol. The summed E-state index contributed by atoms with van der Waals surface area (Å²) in [6, 6.07) is 5.45. The third kappa shape index (κ3) is 3.41. The predicted octanol–water partition coefficient (Wildman–Crippen LogP) is 2.99. The third-order valence-electron chi connectivity index (χ3n) is 5.42. The number of anilines is 2. The van der Waals surface area contributed by atoms with Crippen molar-refractivity contribution in [2.45, 2.75) is 44.4 Å². The minimum Gasteiger partial charge on any atom is -0.495 e. The van der Waals surface area contributed by atoms with Crippen LogP contribution in [0, 0.1) is 0 Å². The van der Waals surface area contributed by atoms with Crippen LogP contribution in [0.15, 0.2) is 24.4 Å². The minimum absolute atomic E-state index is 0.0431. The normalized spacial score (nSPS) is 19.5. The van der Waals surface area contributed by atoms with Crippen molar-refractivity contribution in [1.29, 1.82) is 0 Å². The van der Waals surface area contributed by atoms with Crippen molar-refractivity contribution in [1.82, 2.24) is 10.2 Å². The summed E-state index contributed by atoms with van der Waals surface area (Å²) in [5.41, 5.74) is 3.42. The highest BCUT2D eigenvalue weighted by Crippen LogP contribution is 2.35. The first-order valence-corrected chi connectivity index (χ1v) is 9.49. The minimum atomic E-state index is -0.199. The zero-order valence-corrected chi connectivity index (χ0v) is 15.5. The van der Waals surface area contributed by atoms with Gasteiger partial charge >= 0.3 is 0 Å². The van der Waals surface area contributed by atoms with Gasteiger partial charge in [-0.2, -0.15) is 5.10 Å². The van der Waals surface area contributed by atoms with E-state index in [9.17, 15) is 9.59 Å². The van der Waals surface area contributed by atoms with Crippen LogP contribution < -0.4 is 15.0 Å². The number of carbonyl (C=O) groups is 2. The number of rotatable bonds is 4. The highest BCUT2D eigenvalue weighted by atomic mass is 16.5. The lowest BCUT2D eigenvalue weighted by Crippen LogP contribution is -2.35. The molecule has 2 N–H and O–H groups in total. The number of hydrogen-bond donors (Lipinski definition) is 2. The number of amides is 2. The highest BCUT2D eigenvalue weighted by molar-refractivity contribution is 5.99. The van der Waals surface area contributed by atoms with Gasteiger partial charge in [0.05, 0.1) is 24.9 Å². The van der Waals surface area contributed by atoms with Gasteiger partial charge in [-0.15, -0.1) is 0 Å². The fraction of sp³-hybridized carbons (Fsp3) is 0.450. The first kappa shape index (κ1) is 17.6. The molecule has 0 radical (unpaired) electrons. The number of H-pyrrole nitrogens is 1. The van der Waals surface area contributed by atoms with Gasteiger partial charge in [0.2, 0.25) is 11.8 Å². The number of methoxy groups -OCH3 is 1. The average molecular weight is 368 g/mol. The van der Waals surface area contributed by atoms with E-state index < -0.39 is 0 Å². The van der Waals surface area contributed by atoms with Crippen LogP contribution in [0.2, 0.25) is 0 Å². The summed E-state index contributed by atoms with van der Waals surface area (Å²) in [7, 11) is 1.59. The second kappa shape index (κ2) is 7.42. The van der Waals surface area contributed by atoms with Crippen LogP contribution in [-0.4, -0.2) is 35.7 Å². The molecule has 0 saturated carbocycles. The van der Waals surface area contributed by atoms with E-state index in [1.165, 1.54) is 0 Å². The lowest BCUT2D eigenvalue weighted by Gasteiger charge is -2.28. The number of ether oxygens (including phenoxy) is 1. The van der Waals surface area contributed by atoms with Crippen LogP contribution >= 0.6 is 0 Å². The molecule has 1 aromatic carbocycles. The standard InChI is InChI=1S/C20H24N4O3/c1-27-18-9-8-13(11-17(18)24-10-3-2-7-19(24)25)22-20(26)14-5-4-6-16-15(14)12-21-23-16/h8-9,11-12,14H,2-7,10H2,1H3,(H,21,23)(H,22,26). The molecule has 1 aliphatic heterocycles. The van der Waals surface area contributed by atoms with Gasteiger partial charge in [0.1, 0.15) is 5.75 Å². The van der Waals surface area contributed by atoms with Gasteiger partial charge in [0, 0.05) is 29.9 Å². The molecule has 1 aromatic heterocycles. The van der Waals surface area contributed by atoms with Crippen molar-refractivity contribution >= 4 is 23.2 Å². The van der Waals surface area contributed by atoms with E-state index in [1.54, 1.807) is 24.3 Å². The number of aromatic amines is 1. The second-order valence-electron chi connectivity index (χ2n) is 7.13. The first-order chi connectivity index (χ1) is 13.2. The van der Waals surface area contributed by atoms with Crippen LogP contribution in [-0.2, 0) is 16.0 Å². The van der Waals surface area contributed by atoms with E-state index in [-0.39, 0.29) is 17.7 Å². The number of benzene rings is 1. The highest BCUT2D eigenvalue weighted by Gasteiger charge is 2.28. The third-order valence-corrected chi connectivity index (χ3v) is 5.42. The molecule has 0 bridgehead atoms. The molecule has 27 heavy (non-hydrogen) atoms. The van der Waals surface area contributed by atoms with Crippen LogP contribution in [0.3, 0.4) is 0 Å². The van der Waals surface area contributed by atoms with E-state index in [1.807, 2.05) is 12.1 Å². The maximum atomic E-state index is 12.9. The van der Waals surface area contributed by atoms with E-state index in [0.717, 1.165) is 43.4 Å². The van der Waals surface area contributed by atoms with Crippen molar-refractivity contribution in [3.63, 3.8) is 0 Å². The van der Waals surface area contributed by atoms with Crippen LogP contribution in [0.5, 0.6) is 5.75 Å². The SMILES string of the molecule is COc1ccc(NC(=O)C2CCCc3[nH]ncc32)cc1N1CCCCC1=O. The van der Waals surface area contributed by atoms with Crippen molar-refractivity contribution in [3.05, 3.63) is 35.7 Å². The number of aromatic nitrogens is 2. The van der Waals surface area contributed by atoms with Crippen molar-refractivity contribution < 1.29 is 14.3 Å². The van der Waals surface area contributed by atoms with Crippen LogP contribution in [0.1, 0.15) is 49.3 Å². The Bertz CT molecular complexity index is 861. The molecule has 142 valence electrons. The van der Waals surface area contributed by atoms with Crippen molar-refractivity contribution in [2.75, 3.05) is 23.9 Å². The summed E-state index contributed by atoms with van der Waals surface area (Å²) < 4.78 is 5.44. The Hall–Kier alpha value is -2.83. The topological polar surface area (TPSA) is 87.3 Å². The molecule has 2 amide bonds. The Morgan fingerprint density at radius 1 is 1.30 bits per heavy atom. The van der Waals surface area contributed by atoms with Crippen molar-refractivity contribution in [2.24, 2.45) is 0 Å². The number of aryl methyl sites for hydroxylation is 1. The molecule has 0 spiro atoms. The molecular weight excluding hydrogens is 344 g/mol. The van der Waals surface area contributed by atoms with Gasteiger partial charge in [-0.25, -0.2) is 0 Å². The Labute approximate surface area is 158 Å². The number of nitrogens with one attached hydrogen (secondary N) is 2. The molecule has 2 aliphatic rings. The second-order valence-corrected chi connectivity index (χ2v) is 7.13. The lowest BCUT2D eigenvalue weighted by molar-refractivity contribution is -0.119. The zero-order valence-electron chi connectivity index (χ0n) is 15.5. The molecule has 2 heterocycles. The van der Waals surface area contributed by atoms with Gasteiger partial charge in [0.15, 0.2) is 0 Å². The van der Waals surface area contributed by atoms with Gasteiger partial charge in [-0.1, -0.05) is 0 Å². The molecular formula is C20H24N4O3. The quantitative estimate of drug-likeness (QED) is 0.868. The fourth-order valence-corrected chi connectivity index (χ4v) is 4.00. The summed E-state index contributed by atoms with van der Waals surface area (Å²) in [6.07, 6.45) is 6.90. The Morgan fingerprint density at radius 2 is 2.19 bits per heavy atom. The summed E-state index contributed by atoms with van der Waals surface area (Å²) in [5, 5.41) is 10.1. The maximum Gasteiger partial charge on any atom is 0.232 e. The first-order valence-electron chi connectivity index (χ1n) is 9.49. The van der Waals surface area contributed by atoms with Crippen LogP contribution in [0.25, 0.3) is 0 Å². The van der Waals surface area contributed by atoms with E-state index in [4.69, 9.17) is 4.74 Å². The van der Waals surface area contributed by atoms with Gasteiger partial charge in [-0.3, -0.25) is 14.7 Å². The summed E-state index contributed by atoms with van der Waals surface area (Å²) in [5.74, 6) is 0.490. The molecule has 4 rings (SSSR count). The van der Waals surface area contributed by atoms with Crippen molar-refractivity contribution in [3.8, 4) is 5.75 Å². The van der Waals surface area contributed by atoms with E-state index in [0.29, 0.717) is 30.1 Å². The number of piperidine rings is 1. The summed E-state index contributed by atoms with van der Waals surface area (Å²) >= 11 is 0. The molecule has 1 unspecified atom stereocenters. The van der Waals surface area contributed by atoms with Gasteiger partial charge in [0.25, 0.3) is 0 Å². The van der Waals surface area contributed by atoms with Gasteiger partial charge < -0.3 is 15.0 Å². The van der Waals surface area contributed by atoms with Gasteiger partial charge in [-0.05, 0) is 50.3 Å². The van der Waals surface area contributed by atoms with E-state index in [2.05, 4.69) is 15.5 Å². The largest absolute Gasteiger partial charge is 0.495 e. The molecule has 1 saturated heterocycles. The summed E-state index contributed by atoms with van der Waals surface area (Å²) in [4.78, 5) is 27.0. The molecule has 7 nitrogen and oxygen atoms in total. The zero-order chi connectivity index (χ0) is 18.8. The molecule has 1 atom stereocenters. The number of carbonyl (C=O) groups excluding carboxylic acids is 2. The molecule has 7 heteroatoms. The Kier molecular flexibility index (Phi) is 4.83. The summed E-state index contributed by atoms with van der Waals surface area (Å²) in [6.45, 7) is 0.674. The molecule has 1 fully saturated rings. The molecule has 2 aromatic rings. The number of fused-ring (bicyclic) bond motifs is 1. The number of nitrogens with zero attached hydrogens (tertiary/aromatic N) is 2. The maximum absolute atomic E-state index is 12.9.